The lowest BCUT2D eigenvalue weighted by atomic mass is 10.2. The maximum absolute atomic E-state index is 11.7. The molecule has 0 saturated carbocycles. The number of carbonyl (C=O) groups is 1. The molecule has 0 heterocycles. The second kappa shape index (κ2) is 6.90. The quantitative estimate of drug-likeness (QED) is 0.355. The summed E-state index contributed by atoms with van der Waals surface area (Å²) in [6, 6.07) is 6.19. The van der Waals surface area contributed by atoms with Gasteiger partial charge in [-0.15, -0.1) is 0 Å². The third-order valence-electron chi connectivity index (χ3n) is 1.94. The second-order valence-corrected chi connectivity index (χ2v) is 4.83. The molecule has 0 aliphatic heterocycles. The molecule has 0 bridgehead atoms. The van der Waals surface area contributed by atoms with E-state index in [9.17, 15) is 4.79 Å². The summed E-state index contributed by atoms with van der Waals surface area (Å²) in [5.41, 5.74) is 0.469. The average Bonchev–Trinajstić information content (AvgIpc) is 2.29. The molecule has 0 aliphatic rings. The number of carbonyl (C=O) groups excluding carboxylic acids is 1. The van der Waals surface area contributed by atoms with Crippen molar-refractivity contribution in [3.8, 4) is 5.75 Å². The van der Waals surface area contributed by atoms with Crippen LogP contribution in [-0.4, -0.2) is 29.9 Å². The van der Waals surface area contributed by atoms with Crippen molar-refractivity contribution in [2.75, 3.05) is 13.7 Å². The lowest BCUT2D eigenvalue weighted by molar-refractivity contribution is 0.0501. The minimum Gasteiger partial charge on any atom is -0.496 e. The minimum absolute atomic E-state index is 0.339. The molecule has 0 fully saturated rings. The molecule has 1 aromatic rings. The Hall–Kier alpha value is -0.563. The molecule has 0 N–H and O–H groups in total. The molecule has 0 amide bonds. The first-order chi connectivity index (χ1) is 7.69. The fraction of sp³-hybridized carbons (Fsp3) is 0.364. The SMILES string of the molecule is COc1cc(I)ccc1C(=O)OCCC[Si]. The van der Waals surface area contributed by atoms with Crippen LogP contribution in [0.4, 0.5) is 0 Å². The molecule has 1 rings (SSSR count). The number of esters is 1. The van der Waals surface area contributed by atoms with E-state index in [4.69, 9.17) is 9.47 Å². The summed E-state index contributed by atoms with van der Waals surface area (Å²) in [6.07, 6.45) is 0.801. The van der Waals surface area contributed by atoms with Crippen molar-refractivity contribution in [2.45, 2.75) is 12.5 Å². The zero-order valence-corrected chi connectivity index (χ0v) is 12.1. The molecule has 0 saturated heterocycles. The van der Waals surface area contributed by atoms with Gasteiger partial charge in [-0.25, -0.2) is 4.79 Å². The summed E-state index contributed by atoms with van der Waals surface area (Å²) in [7, 11) is 4.86. The van der Waals surface area contributed by atoms with Crippen molar-refractivity contribution in [2.24, 2.45) is 0 Å². The molecule has 0 aromatic heterocycles. The molecule has 0 aliphatic carbocycles. The monoisotopic (exact) mass is 347 g/mol. The third-order valence-corrected chi connectivity index (χ3v) is 2.96. The van der Waals surface area contributed by atoms with E-state index in [1.165, 1.54) is 0 Å². The largest absolute Gasteiger partial charge is 0.496 e. The van der Waals surface area contributed by atoms with Crippen LogP contribution in [0.5, 0.6) is 5.75 Å². The number of benzene rings is 1. The topological polar surface area (TPSA) is 35.5 Å². The molecule has 0 atom stereocenters. The van der Waals surface area contributed by atoms with E-state index in [-0.39, 0.29) is 5.97 Å². The van der Waals surface area contributed by atoms with Crippen molar-refractivity contribution in [1.82, 2.24) is 0 Å². The summed E-state index contributed by atoms with van der Waals surface area (Å²) < 4.78 is 11.3. The standard InChI is InChI=1S/C11H12IO3Si/c1-14-10-7-8(12)3-4-9(10)11(13)15-5-2-6-16/h3-4,7H,2,5-6H2,1H3. The normalized spacial score (nSPS) is 9.94. The molecule has 5 heteroatoms. The fourth-order valence-corrected chi connectivity index (χ4v) is 1.76. The Morgan fingerprint density at radius 2 is 2.25 bits per heavy atom. The maximum atomic E-state index is 11.7. The highest BCUT2D eigenvalue weighted by atomic mass is 127. The zero-order chi connectivity index (χ0) is 12.0. The van der Waals surface area contributed by atoms with Crippen LogP contribution in [-0.2, 0) is 4.74 Å². The summed E-state index contributed by atoms with van der Waals surface area (Å²) in [4.78, 5) is 11.7. The van der Waals surface area contributed by atoms with Crippen molar-refractivity contribution in [3.05, 3.63) is 27.3 Å². The molecule has 0 spiro atoms. The van der Waals surface area contributed by atoms with Gasteiger partial charge in [0.15, 0.2) is 0 Å². The van der Waals surface area contributed by atoms with Crippen LogP contribution in [0.1, 0.15) is 16.8 Å². The van der Waals surface area contributed by atoms with Crippen molar-refractivity contribution < 1.29 is 14.3 Å². The lowest BCUT2D eigenvalue weighted by Gasteiger charge is -2.08. The van der Waals surface area contributed by atoms with Gasteiger partial charge < -0.3 is 9.47 Å². The Bertz CT molecular complexity index is 368. The molecule has 3 radical (unpaired) electrons. The Labute approximate surface area is 112 Å². The van der Waals surface area contributed by atoms with Crippen molar-refractivity contribution >= 4 is 38.8 Å². The van der Waals surface area contributed by atoms with Gasteiger partial charge in [-0.05, 0) is 47.2 Å². The highest BCUT2D eigenvalue weighted by molar-refractivity contribution is 14.1. The van der Waals surface area contributed by atoms with Crippen molar-refractivity contribution in [3.63, 3.8) is 0 Å². The Morgan fingerprint density at radius 3 is 2.88 bits per heavy atom. The van der Waals surface area contributed by atoms with Crippen LogP contribution in [0.25, 0.3) is 0 Å². The van der Waals surface area contributed by atoms with Gasteiger partial charge in [0.05, 0.1) is 13.7 Å². The predicted molar refractivity (Wildman–Crippen MR) is 71.2 cm³/mol. The van der Waals surface area contributed by atoms with E-state index >= 15 is 0 Å². The smallest absolute Gasteiger partial charge is 0.341 e. The van der Waals surface area contributed by atoms with Gasteiger partial charge in [0.25, 0.3) is 0 Å². The average molecular weight is 347 g/mol. The fourth-order valence-electron chi connectivity index (χ4n) is 1.15. The van der Waals surface area contributed by atoms with E-state index in [0.29, 0.717) is 17.9 Å². The first-order valence-corrected chi connectivity index (χ1v) is 6.63. The lowest BCUT2D eigenvalue weighted by Crippen LogP contribution is -2.08. The molecule has 0 unspecified atom stereocenters. The van der Waals surface area contributed by atoms with Crippen molar-refractivity contribution in [1.29, 1.82) is 0 Å². The highest BCUT2D eigenvalue weighted by Crippen LogP contribution is 2.22. The summed E-state index contributed by atoms with van der Waals surface area (Å²) in [5, 5.41) is 0. The van der Waals surface area contributed by atoms with Crippen LogP contribution in [0, 0.1) is 3.57 Å². The van der Waals surface area contributed by atoms with E-state index in [0.717, 1.165) is 16.0 Å². The third kappa shape index (κ3) is 3.78. The van der Waals surface area contributed by atoms with Crippen LogP contribution in [0.15, 0.2) is 18.2 Å². The van der Waals surface area contributed by atoms with Gasteiger partial charge in [-0.1, -0.05) is 6.04 Å². The molecule has 85 valence electrons. The molecule has 3 nitrogen and oxygen atoms in total. The van der Waals surface area contributed by atoms with Gasteiger partial charge in [0.2, 0.25) is 0 Å². The molecular formula is C11H12IO3Si. The Balaban J connectivity index is 2.74. The number of hydrogen-bond donors (Lipinski definition) is 0. The minimum atomic E-state index is -0.339. The maximum Gasteiger partial charge on any atom is 0.341 e. The first-order valence-electron chi connectivity index (χ1n) is 4.84. The molecule has 16 heavy (non-hydrogen) atoms. The van der Waals surface area contributed by atoms with Crippen LogP contribution in [0.3, 0.4) is 0 Å². The number of rotatable bonds is 5. The molecule has 1 aromatic carbocycles. The van der Waals surface area contributed by atoms with Crippen LogP contribution in [0.2, 0.25) is 6.04 Å². The van der Waals surface area contributed by atoms with E-state index < -0.39 is 0 Å². The Morgan fingerprint density at radius 1 is 1.50 bits per heavy atom. The van der Waals surface area contributed by atoms with Gasteiger partial charge in [-0.3, -0.25) is 0 Å². The van der Waals surface area contributed by atoms with Crippen LogP contribution >= 0.6 is 22.6 Å². The highest BCUT2D eigenvalue weighted by Gasteiger charge is 2.13. The van der Waals surface area contributed by atoms with Gasteiger partial charge in [0, 0.05) is 13.8 Å². The number of ether oxygens (including phenoxy) is 2. The number of methoxy groups -OCH3 is 1. The zero-order valence-electron chi connectivity index (χ0n) is 8.96. The van der Waals surface area contributed by atoms with Gasteiger partial charge in [0.1, 0.15) is 11.3 Å². The summed E-state index contributed by atoms with van der Waals surface area (Å²) in [5.74, 6) is 0.212. The van der Waals surface area contributed by atoms with E-state index in [1.54, 1.807) is 19.2 Å². The van der Waals surface area contributed by atoms with Gasteiger partial charge in [-0.2, -0.15) is 0 Å². The number of halogens is 1. The first kappa shape index (κ1) is 13.5. The van der Waals surface area contributed by atoms with E-state index in [1.807, 2.05) is 6.07 Å². The van der Waals surface area contributed by atoms with Crippen LogP contribution < -0.4 is 4.74 Å². The Kier molecular flexibility index (Phi) is 5.82. The number of hydrogen-bond acceptors (Lipinski definition) is 3. The van der Waals surface area contributed by atoms with Gasteiger partial charge >= 0.3 is 5.97 Å². The summed E-state index contributed by atoms with van der Waals surface area (Å²) in [6.45, 7) is 0.414. The summed E-state index contributed by atoms with van der Waals surface area (Å²) >= 11 is 2.17. The molecular weight excluding hydrogens is 335 g/mol. The predicted octanol–water partition coefficient (Wildman–Crippen LogP) is 2.43. The van der Waals surface area contributed by atoms with E-state index in [2.05, 4.69) is 32.8 Å². The second-order valence-electron chi connectivity index (χ2n) is 3.08.